The standard InChI is InChI=1S/C28H25N11/c29-21-13-11-20(12-14-21)19-30-26-35-27(33-22-7-1-3-9-24(22)38-17-5-15-31-38)37-28(36-26)34-23-8-2-4-10-25(23)39-18-6-16-32-39/h1-18H,19,29H2,(H3,30,33,34,35,36,37). The van der Waals surface area contributed by atoms with Gasteiger partial charge in [0.2, 0.25) is 17.8 Å². The van der Waals surface area contributed by atoms with Crippen molar-refractivity contribution < 1.29 is 0 Å². The summed E-state index contributed by atoms with van der Waals surface area (Å²) < 4.78 is 3.56. The number of anilines is 6. The highest BCUT2D eigenvalue weighted by atomic mass is 15.3. The summed E-state index contributed by atoms with van der Waals surface area (Å²) in [5.41, 5.74) is 10.9. The van der Waals surface area contributed by atoms with Gasteiger partial charge in [0.25, 0.3) is 0 Å². The van der Waals surface area contributed by atoms with Crippen molar-refractivity contribution in [1.82, 2.24) is 34.5 Å². The average Bonchev–Trinajstić information content (AvgIpc) is 3.69. The second-order valence-corrected chi connectivity index (χ2v) is 8.59. The number of nitrogens with two attached hydrogens (primary N) is 1. The zero-order valence-electron chi connectivity index (χ0n) is 20.8. The summed E-state index contributed by atoms with van der Waals surface area (Å²) >= 11 is 0. The van der Waals surface area contributed by atoms with Crippen LogP contribution in [-0.2, 0) is 6.54 Å². The van der Waals surface area contributed by atoms with Gasteiger partial charge in [0, 0.05) is 37.0 Å². The second kappa shape index (κ2) is 10.7. The molecular weight excluding hydrogens is 490 g/mol. The minimum absolute atomic E-state index is 0.364. The zero-order chi connectivity index (χ0) is 26.4. The number of rotatable bonds is 9. The Kier molecular flexibility index (Phi) is 6.51. The molecule has 0 fully saturated rings. The molecule has 0 atom stereocenters. The number of nitrogens with one attached hydrogen (secondary N) is 3. The van der Waals surface area contributed by atoms with Crippen molar-refractivity contribution in [2.24, 2.45) is 0 Å². The van der Waals surface area contributed by atoms with Gasteiger partial charge in [-0.1, -0.05) is 36.4 Å². The molecule has 0 aliphatic rings. The van der Waals surface area contributed by atoms with Gasteiger partial charge >= 0.3 is 0 Å². The van der Waals surface area contributed by atoms with Crippen molar-refractivity contribution in [2.75, 3.05) is 21.7 Å². The van der Waals surface area contributed by atoms with Crippen LogP contribution in [0.5, 0.6) is 0 Å². The predicted octanol–water partition coefficient (Wildman–Crippen LogP) is 4.92. The Bertz CT molecular complexity index is 1560. The van der Waals surface area contributed by atoms with E-state index in [0.29, 0.717) is 30.1 Å². The summed E-state index contributed by atoms with van der Waals surface area (Å²) in [6.45, 7) is 0.511. The quantitative estimate of drug-likeness (QED) is 0.198. The molecule has 6 aromatic rings. The van der Waals surface area contributed by atoms with Gasteiger partial charge in [-0.05, 0) is 54.1 Å². The van der Waals surface area contributed by atoms with Crippen LogP contribution in [0.2, 0.25) is 0 Å². The number of hydrogen-bond donors (Lipinski definition) is 4. The minimum Gasteiger partial charge on any atom is -0.399 e. The van der Waals surface area contributed by atoms with E-state index in [1.54, 1.807) is 21.8 Å². The summed E-state index contributed by atoms with van der Waals surface area (Å²) in [7, 11) is 0. The molecule has 0 bridgehead atoms. The molecule has 3 heterocycles. The van der Waals surface area contributed by atoms with Crippen LogP contribution in [-0.4, -0.2) is 34.5 Å². The van der Waals surface area contributed by atoms with Crippen molar-refractivity contribution in [3.8, 4) is 11.4 Å². The first-order chi connectivity index (χ1) is 19.2. The molecule has 0 spiro atoms. The van der Waals surface area contributed by atoms with Crippen LogP contribution in [0.4, 0.5) is 34.9 Å². The summed E-state index contributed by atoms with van der Waals surface area (Å²) in [5, 5.41) is 18.7. The molecule has 11 heteroatoms. The second-order valence-electron chi connectivity index (χ2n) is 8.59. The monoisotopic (exact) mass is 515 g/mol. The molecule has 0 saturated heterocycles. The Balaban J connectivity index is 1.34. The number of nitrogens with zero attached hydrogens (tertiary/aromatic N) is 7. The molecule has 0 saturated carbocycles. The minimum atomic E-state index is 0.364. The van der Waals surface area contributed by atoms with E-state index in [0.717, 1.165) is 28.3 Å². The van der Waals surface area contributed by atoms with E-state index in [4.69, 9.17) is 5.73 Å². The maximum atomic E-state index is 5.83. The van der Waals surface area contributed by atoms with Crippen LogP contribution in [0.3, 0.4) is 0 Å². The predicted molar refractivity (Wildman–Crippen MR) is 152 cm³/mol. The van der Waals surface area contributed by atoms with Gasteiger partial charge < -0.3 is 21.7 Å². The lowest BCUT2D eigenvalue weighted by molar-refractivity contribution is 0.880. The molecule has 192 valence electrons. The van der Waals surface area contributed by atoms with Crippen molar-refractivity contribution in [2.45, 2.75) is 6.54 Å². The third-order valence-electron chi connectivity index (χ3n) is 5.87. The van der Waals surface area contributed by atoms with Gasteiger partial charge in [0.05, 0.1) is 22.7 Å². The van der Waals surface area contributed by atoms with Gasteiger partial charge in [-0.3, -0.25) is 0 Å². The highest BCUT2D eigenvalue weighted by Gasteiger charge is 2.13. The molecule has 0 unspecified atom stereocenters. The molecule has 0 aliphatic heterocycles. The van der Waals surface area contributed by atoms with Gasteiger partial charge in [0.1, 0.15) is 0 Å². The van der Waals surface area contributed by atoms with E-state index in [1.165, 1.54) is 0 Å². The highest BCUT2D eigenvalue weighted by Crippen LogP contribution is 2.26. The zero-order valence-corrected chi connectivity index (χ0v) is 20.8. The van der Waals surface area contributed by atoms with Crippen molar-refractivity contribution >= 4 is 34.9 Å². The lowest BCUT2D eigenvalue weighted by Gasteiger charge is -2.15. The molecule has 0 radical (unpaired) electrons. The third-order valence-corrected chi connectivity index (χ3v) is 5.87. The van der Waals surface area contributed by atoms with Crippen LogP contribution in [0.25, 0.3) is 11.4 Å². The summed E-state index contributed by atoms with van der Waals surface area (Å²) in [4.78, 5) is 14.0. The van der Waals surface area contributed by atoms with E-state index < -0.39 is 0 Å². The fourth-order valence-corrected chi connectivity index (χ4v) is 4.01. The first-order valence-electron chi connectivity index (χ1n) is 12.3. The normalized spacial score (nSPS) is 10.8. The molecule has 11 nitrogen and oxygen atoms in total. The van der Waals surface area contributed by atoms with E-state index in [-0.39, 0.29) is 0 Å². The smallest absolute Gasteiger partial charge is 0.233 e. The summed E-state index contributed by atoms with van der Waals surface area (Å²) in [6, 6.07) is 27.0. The Morgan fingerprint density at radius 1 is 0.590 bits per heavy atom. The van der Waals surface area contributed by atoms with Gasteiger partial charge in [-0.25, -0.2) is 9.36 Å². The van der Waals surface area contributed by atoms with E-state index >= 15 is 0 Å². The SMILES string of the molecule is Nc1ccc(CNc2nc(Nc3ccccc3-n3cccn3)nc(Nc3ccccc3-n3cccn3)n2)cc1. The number of hydrogen-bond acceptors (Lipinski definition) is 9. The number of para-hydroxylation sites is 4. The Morgan fingerprint density at radius 2 is 1.10 bits per heavy atom. The summed E-state index contributed by atoms with van der Waals surface area (Å²) in [6.07, 6.45) is 7.23. The fraction of sp³-hybridized carbons (Fsp3) is 0.0357. The lowest BCUT2D eigenvalue weighted by atomic mass is 10.2. The average molecular weight is 516 g/mol. The maximum Gasteiger partial charge on any atom is 0.233 e. The van der Waals surface area contributed by atoms with Gasteiger partial charge in [-0.15, -0.1) is 0 Å². The van der Waals surface area contributed by atoms with E-state index in [1.807, 2.05) is 97.3 Å². The number of nitrogen functional groups attached to an aromatic ring is 1. The topological polar surface area (TPSA) is 136 Å². The Labute approximate surface area is 224 Å². The number of aromatic nitrogens is 7. The first kappa shape index (κ1) is 23.7. The molecular formula is C28H25N11. The highest BCUT2D eigenvalue weighted by molar-refractivity contribution is 5.69. The van der Waals surface area contributed by atoms with Crippen LogP contribution in [0.15, 0.2) is 110 Å². The number of benzene rings is 3. The van der Waals surface area contributed by atoms with E-state index in [9.17, 15) is 0 Å². The molecule has 0 amide bonds. The Hall–Kier alpha value is -5.71. The largest absolute Gasteiger partial charge is 0.399 e. The van der Waals surface area contributed by atoms with Crippen LogP contribution in [0, 0.1) is 0 Å². The fourth-order valence-electron chi connectivity index (χ4n) is 4.01. The summed E-state index contributed by atoms with van der Waals surface area (Å²) in [5.74, 6) is 1.13. The van der Waals surface area contributed by atoms with Crippen molar-refractivity contribution in [3.05, 3.63) is 115 Å². The molecule has 6 rings (SSSR count). The molecule has 3 aromatic heterocycles. The lowest BCUT2D eigenvalue weighted by Crippen LogP contribution is -2.11. The third kappa shape index (κ3) is 5.52. The van der Waals surface area contributed by atoms with Crippen LogP contribution in [0.1, 0.15) is 5.56 Å². The van der Waals surface area contributed by atoms with Crippen LogP contribution < -0.4 is 21.7 Å². The molecule has 39 heavy (non-hydrogen) atoms. The molecule has 3 aromatic carbocycles. The van der Waals surface area contributed by atoms with Gasteiger partial charge in [-0.2, -0.15) is 25.1 Å². The van der Waals surface area contributed by atoms with Gasteiger partial charge in [0.15, 0.2) is 0 Å². The first-order valence-corrected chi connectivity index (χ1v) is 12.3. The molecule has 5 N–H and O–H groups in total. The molecule has 0 aliphatic carbocycles. The Morgan fingerprint density at radius 3 is 1.62 bits per heavy atom. The van der Waals surface area contributed by atoms with Crippen molar-refractivity contribution in [3.63, 3.8) is 0 Å². The maximum absolute atomic E-state index is 5.83. The van der Waals surface area contributed by atoms with E-state index in [2.05, 4.69) is 41.1 Å². The van der Waals surface area contributed by atoms with Crippen LogP contribution >= 0.6 is 0 Å². The van der Waals surface area contributed by atoms with Crippen molar-refractivity contribution in [1.29, 1.82) is 0 Å².